The smallest absolute Gasteiger partial charge is 0.0326 e. The predicted molar refractivity (Wildman–Crippen MR) is 66.7 cm³/mol. The van der Waals surface area contributed by atoms with E-state index in [1.165, 1.54) is 32.1 Å². The second-order valence-electron chi connectivity index (χ2n) is 6.27. The Morgan fingerprint density at radius 1 is 1.07 bits per heavy atom. The van der Waals surface area contributed by atoms with Crippen molar-refractivity contribution < 1.29 is 0 Å². The van der Waals surface area contributed by atoms with Gasteiger partial charge >= 0.3 is 0 Å². The van der Waals surface area contributed by atoms with E-state index in [1.54, 1.807) is 0 Å². The highest BCUT2D eigenvalue weighted by molar-refractivity contribution is 4.96. The molecule has 5 unspecified atom stereocenters. The standard InChI is InChI=1S/C15H28/c1-5-14-10(2)11(3)15(14)12(4)13-8-6-7-9-13/h10-15H,5-9H2,1-4H3. The van der Waals surface area contributed by atoms with Gasteiger partial charge in [-0.2, -0.15) is 0 Å². The Kier molecular flexibility index (Phi) is 3.42. The molecular formula is C15H28. The molecule has 2 aliphatic carbocycles. The van der Waals surface area contributed by atoms with E-state index in [-0.39, 0.29) is 0 Å². The summed E-state index contributed by atoms with van der Waals surface area (Å²) < 4.78 is 0. The molecule has 0 radical (unpaired) electrons. The molecule has 5 atom stereocenters. The molecule has 0 aromatic heterocycles. The van der Waals surface area contributed by atoms with E-state index in [0.717, 1.165) is 35.5 Å². The van der Waals surface area contributed by atoms with Gasteiger partial charge in [-0.3, -0.25) is 0 Å². The normalized spacial score (nSPS) is 44.0. The summed E-state index contributed by atoms with van der Waals surface area (Å²) in [4.78, 5) is 0. The fraction of sp³-hybridized carbons (Fsp3) is 1.00. The lowest BCUT2D eigenvalue weighted by atomic mass is 9.52. The first-order valence-corrected chi connectivity index (χ1v) is 7.16. The molecule has 0 aromatic rings. The lowest BCUT2D eigenvalue weighted by molar-refractivity contribution is -0.0525. The molecule has 0 spiro atoms. The summed E-state index contributed by atoms with van der Waals surface area (Å²) in [5.41, 5.74) is 0. The van der Waals surface area contributed by atoms with Gasteiger partial charge < -0.3 is 0 Å². The van der Waals surface area contributed by atoms with Gasteiger partial charge in [-0.1, -0.05) is 59.8 Å². The Bertz CT molecular complexity index is 202. The van der Waals surface area contributed by atoms with Crippen molar-refractivity contribution in [2.45, 2.75) is 59.8 Å². The highest BCUT2D eigenvalue weighted by Gasteiger charge is 2.47. The summed E-state index contributed by atoms with van der Waals surface area (Å²) >= 11 is 0. The van der Waals surface area contributed by atoms with Gasteiger partial charge in [-0.05, 0) is 35.5 Å². The van der Waals surface area contributed by atoms with Crippen LogP contribution in [0.5, 0.6) is 0 Å². The largest absolute Gasteiger partial charge is 0.0651 e. The van der Waals surface area contributed by atoms with Gasteiger partial charge in [0.1, 0.15) is 0 Å². The van der Waals surface area contributed by atoms with E-state index in [4.69, 9.17) is 0 Å². The molecular weight excluding hydrogens is 180 g/mol. The average Bonchev–Trinajstić information content (AvgIpc) is 2.76. The van der Waals surface area contributed by atoms with Crippen molar-refractivity contribution in [1.82, 2.24) is 0 Å². The second-order valence-corrected chi connectivity index (χ2v) is 6.27. The van der Waals surface area contributed by atoms with Crippen LogP contribution in [0.1, 0.15) is 59.8 Å². The predicted octanol–water partition coefficient (Wildman–Crippen LogP) is 4.74. The van der Waals surface area contributed by atoms with E-state index in [9.17, 15) is 0 Å². The van der Waals surface area contributed by atoms with Gasteiger partial charge in [0.25, 0.3) is 0 Å². The SMILES string of the molecule is CCC1C(C)C(C)C1C(C)C1CCCC1. The topological polar surface area (TPSA) is 0 Å². The molecule has 88 valence electrons. The van der Waals surface area contributed by atoms with E-state index < -0.39 is 0 Å². The maximum Gasteiger partial charge on any atom is -0.0326 e. The Morgan fingerprint density at radius 2 is 1.67 bits per heavy atom. The molecule has 0 heteroatoms. The van der Waals surface area contributed by atoms with Crippen LogP contribution in [0.25, 0.3) is 0 Å². The van der Waals surface area contributed by atoms with E-state index in [2.05, 4.69) is 27.7 Å². The Hall–Kier alpha value is 0. The average molecular weight is 208 g/mol. The highest BCUT2D eigenvalue weighted by atomic mass is 14.5. The first-order chi connectivity index (χ1) is 7.16. The van der Waals surface area contributed by atoms with Gasteiger partial charge in [0, 0.05) is 0 Å². The minimum absolute atomic E-state index is 0.990. The molecule has 0 aromatic carbocycles. The molecule has 0 nitrogen and oxygen atoms in total. The van der Waals surface area contributed by atoms with Gasteiger partial charge in [-0.25, -0.2) is 0 Å². The lowest BCUT2D eigenvalue weighted by Crippen LogP contribution is -2.48. The third-order valence-corrected chi connectivity index (χ3v) is 5.83. The first-order valence-electron chi connectivity index (χ1n) is 7.16. The summed E-state index contributed by atoms with van der Waals surface area (Å²) in [6.45, 7) is 9.90. The zero-order valence-electron chi connectivity index (χ0n) is 11.0. The molecule has 0 saturated heterocycles. The molecule has 2 saturated carbocycles. The molecule has 0 N–H and O–H groups in total. The van der Waals surface area contributed by atoms with Crippen LogP contribution in [-0.2, 0) is 0 Å². The van der Waals surface area contributed by atoms with E-state index in [1.807, 2.05) is 0 Å². The van der Waals surface area contributed by atoms with Crippen LogP contribution >= 0.6 is 0 Å². The first kappa shape index (κ1) is 11.5. The Balaban J connectivity index is 1.96. The van der Waals surface area contributed by atoms with E-state index >= 15 is 0 Å². The molecule has 2 rings (SSSR count). The maximum absolute atomic E-state index is 2.55. The summed E-state index contributed by atoms with van der Waals surface area (Å²) in [5.74, 6) is 6.14. The van der Waals surface area contributed by atoms with Gasteiger partial charge in [0.2, 0.25) is 0 Å². The van der Waals surface area contributed by atoms with Gasteiger partial charge in [0.05, 0.1) is 0 Å². The van der Waals surface area contributed by atoms with E-state index in [0.29, 0.717) is 0 Å². The maximum atomic E-state index is 2.55. The number of hydrogen-bond donors (Lipinski definition) is 0. The van der Waals surface area contributed by atoms with Crippen molar-refractivity contribution in [3.8, 4) is 0 Å². The van der Waals surface area contributed by atoms with Crippen LogP contribution in [0.4, 0.5) is 0 Å². The number of hydrogen-bond acceptors (Lipinski definition) is 0. The molecule has 15 heavy (non-hydrogen) atoms. The van der Waals surface area contributed by atoms with Gasteiger partial charge in [-0.15, -0.1) is 0 Å². The second kappa shape index (κ2) is 4.47. The van der Waals surface area contributed by atoms with Crippen LogP contribution in [-0.4, -0.2) is 0 Å². The molecule has 0 bridgehead atoms. The molecule has 0 heterocycles. The van der Waals surface area contributed by atoms with Crippen molar-refractivity contribution in [3.63, 3.8) is 0 Å². The molecule has 0 aliphatic heterocycles. The molecule has 2 fully saturated rings. The summed E-state index contributed by atoms with van der Waals surface area (Å²) in [5, 5.41) is 0. The quantitative estimate of drug-likeness (QED) is 0.628. The van der Waals surface area contributed by atoms with Crippen molar-refractivity contribution in [3.05, 3.63) is 0 Å². The van der Waals surface area contributed by atoms with Crippen molar-refractivity contribution in [1.29, 1.82) is 0 Å². The lowest BCUT2D eigenvalue weighted by Gasteiger charge is -2.53. The Morgan fingerprint density at radius 3 is 2.20 bits per heavy atom. The fourth-order valence-corrected chi connectivity index (χ4v) is 4.65. The van der Waals surface area contributed by atoms with Crippen LogP contribution in [0.2, 0.25) is 0 Å². The summed E-state index contributed by atoms with van der Waals surface area (Å²) in [6.07, 6.45) is 7.46. The fourth-order valence-electron chi connectivity index (χ4n) is 4.65. The van der Waals surface area contributed by atoms with Crippen LogP contribution in [0, 0.1) is 35.5 Å². The Labute approximate surface area is 95.8 Å². The van der Waals surface area contributed by atoms with Crippen LogP contribution in [0.15, 0.2) is 0 Å². The van der Waals surface area contributed by atoms with Crippen LogP contribution in [0.3, 0.4) is 0 Å². The summed E-state index contributed by atoms with van der Waals surface area (Å²) in [6, 6.07) is 0. The van der Waals surface area contributed by atoms with Crippen LogP contribution < -0.4 is 0 Å². The minimum atomic E-state index is 0.990. The number of rotatable bonds is 3. The van der Waals surface area contributed by atoms with Crippen molar-refractivity contribution >= 4 is 0 Å². The monoisotopic (exact) mass is 208 g/mol. The molecule has 0 amide bonds. The summed E-state index contributed by atoms with van der Waals surface area (Å²) in [7, 11) is 0. The highest BCUT2D eigenvalue weighted by Crippen LogP contribution is 2.54. The third kappa shape index (κ3) is 1.85. The zero-order chi connectivity index (χ0) is 11.0. The van der Waals surface area contributed by atoms with Crippen molar-refractivity contribution in [2.24, 2.45) is 35.5 Å². The van der Waals surface area contributed by atoms with Gasteiger partial charge in [0.15, 0.2) is 0 Å². The zero-order valence-corrected chi connectivity index (χ0v) is 11.0. The van der Waals surface area contributed by atoms with Crippen molar-refractivity contribution in [2.75, 3.05) is 0 Å². The molecule has 2 aliphatic rings. The third-order valence-electron chi connectivity index (χ3n) is 5.83. The minimum Gasteiger partial charge on any atom is -0.0651 e.